The molecule has 3 heteroatoms. The van der Waals surface area contributed by atoms with E-state index in [9.17, 15) is 0 Å². The number of benzene rings is 2. The molecule has 0 atom stereocenters. The summed E-state index contributed by atoms with van der Waals surface area (Å²) in [6.07, 6.45) is 10.7. The molecule has 0 aliphatic rings. The van der Waals surface area contributed by atoms with E-state index in [1.807, 2.05) is 36.7 Å². The van der Waals surface area contributed by atoms with Gasteiger partial charge in [0.2, 0.25) is 0 Å². The average Bonchev–Trinajstić information content (AvgIpc) is 2.66. The molecule has 0 bridgehead atoms. The van der Waals surface area contributed by atoms with Gasteiger partial charge in [0.15, 0.2) is 0 Å². The molecular formula is C22H24N2O. The zero-order valence-corrected chi connectivity index (χ0v) is 14.6. The molecule has 0 aliphatic carbocycles. The van der Waals surface area contributed by atoms with Gasteiger partial charge in [-0.15, -0.1) is 6.58 Å². The molecule has 0 N–H and O–H groups in total. The Kier molecular flexibility index (Phi) is 7.92. The van der Waals surface area contributed by atoms with Crippen molar-refractivity contribution in [1.82, 2.24) is 0 Å². The lowest BCUT2D eigenvalue weighted by Crippen LogP contribution is -1.86. The largest absolute Gasteiger partial charge is 0.497 e. The molecule has 2 aromatic carbocycles. The number of aliphatic imine (C=N–C) groups is 2. The van der Waals surface area contributed by atoms with Crippen molar-refractivity contribution in [3.63, 3.8) is 0 Å². The zero-order chi connectivity index (χ0) is 17.7. The molecule has 0 radical (unpaired) electrons. The summed E-state index contributed by atoms with van der Waals surface area (Å²) in [5.74, 6) is 0.857. The number of ether oxygens (including phenoxy) is 1. The molecule has 0 spiro atoms. The highest BCUT2D eigenvalue weighted by Gasteiger charge is 1.91. The van der Waals surface area contributed by atoms with Crippen LogP contribution in [0.2, 0.25) is 0 Å². The van der Waals surface area contributed by atoms with E-state index < -0.39 is 0 Å². The van der Waals surface area contributed by atoms with Gasteiger partial charge >= 0.3 is 0 Å². The summed E-state index contributed by atoms with van der Waals surface area (Å²) >= 11 is 0. The summed E-state index contributed by atoms with van der Waals surface area (Å²) in [6, 6.07) is 16.3. The van der Waals surface area contributed by atoms with Gasteiger partial charge in [-0.05, 0) is 47.4 Å². The van der Waals surface area contributed by atoms with E-state index >= 15 is 0 Å². The zero-order valence-electron chi connectivity index (χ0n) is 14.6. The molecule has 2 aromatic rings. The molecule has 0 saturated heterocycles. The van der Waals surface area contributed by atoms with E-state index in [4.69, 9.17) is 4.74 Å². The minimum atomic E-state index is 0.654. The fourth-order valence-corrected chi connectivity index (χ4v) is 2.18. The molecule has 0 aromatic heterocycles. The van der Waals surface area contributed by atoms with Crippen molar-refractivity contribution in [3.8, 4) is 5.75 Å². The Bertz CT molecular complexity index is 726. The average molecular weight is 332 g/mol. The first-order valence-corrected chi connectivity index (χ1v) is 8.30. The first-order valence-electron chi connectivity index (χ1n) is 8.30. The second kappa shape index (κ2) is 10.8. The first kappa shape index (κ1) is 18.4. The minimum absolute atomic E-state index is 0.654. The van der Waals surface area contributed by atoms with Gasteiger partial charge in [-0.1, -0.05) is 42.5 Å². The predicted octanol–water partition coefficient (Wildman–Crippen LogP) is 4.52. The van der Waals surface area contributed by atoms with Crippen LogP contribution >= 0.6 is 0 Å². The quantitative estimate of drug-likeness (QED) is 0.491. The standard InChI is InChI=1S/C22H24N2O/c1-3-15-23-17-20-9-7-19(8-10-20)6-4-5-16-24-18-21-11-13-22(25-2)14-12-21/h3-5,7-14,17-18H,1,6,15-16H2,2H3/b5-4+,23-17?,24-18?. The van der Waals surface area contributed by atoms with Crippen molar-refractivity contribution in [1.29, 1.82) is 0 Å². The molecule has 0 aliphatic heterocycles. The lowest BCUT2D eigenvalue weighted by atomic mass is 10.1. The van der Waals surface area contributed by atoms with Crippen molar-refractivity contribution in [2.45, 2.75) is 6.42 Å². The van der Waals surface area contributed by atoms with Gasteiger partial charge in [0.1, 0.15) is 5.75 Å². The van der Waals surface area contributed by atoms with E-state index in [1.54, 1.807) is 13.2 Å². The molecule has 0 saturated carbocycles. The van der Waals surface area contributed by atoms with E-state index in [1.165, 1.54) is 5.56 Å². The summed E-state index contributed by atoms with van der Waals surface area (Å²) in [7, 11) is 1.66. The monoisotopic (exact) mass is 332 g/mol. The van der Waals surface area contributed by atoms with E-state index in [0.29, 0.717) is 13.1 Å². The molecule has 128 valence electrons. The summed E-state index contributed by atoms with van der Waals surface area (Å²) in [5.41, 5.74) is 3.46. The number of methoxy groups -OCH3 is 1. The third-order valence-electron chi connectivity index (χ3n) is 3.54. The van der Waals surface area contributed by atoms with E-state index in [2.05, 4.69) is 53.0 Å². The van der Waals surface area contributed by atoms with Gasteiger partial charge in [0, 0.05) is 12.4 Å². The highest BCUT2D eigenvalue weighted by molar-refractivity contribution is 5.80. The molecule has 2 rings (SSSR count). The van der Waals surface area contributed by atoms with Crippen LogP contribution in [0.1, 0.15) is 16.7 Å². The molecule has 3 nitrogen and oxygen atoms in total. The molecule has 25 heavy (non-hydrogen) atoms. The van der Waals surface area contributed by atoms with Crippen molar-refractivity contribution in [2.24, 2.45) is 9.98 Å². The van der Waals surface area contributed by atoms with Crippen LogP contribution in [-0.2, 0) is 6.42 Å². The van der Waals surface area contributed by atoms with Gasteiger partial charge in [-0.25, -0.2) is 0 Å². The Balaban J connectivity index is 1.75. The number of hydrogen-bond acceptors (Lipinski definition) is 3. The lowest BCUT2D eigenvalue weighted by molar-refractivity contribution is 0.415. The molecule has 0 amide bonds. The maximum Gasteiger partial charge on any atom is 0.118 e. The van der Waals surface area contributed by atoms with Gasteiger partial charge in [0.05, 0.1) is 20.2 Å². The second-order valence-electron chi connectivity index (χ2n) is 5.47. The highest BCUT2D eigenvalue weighted by Crippen LogP contribution is 2.09. The maximum atomic E-state index is 5.13. The Labute approximate surface area is 150 Å². The Morgan fingerprint density at radius 1 is 0.840 bits per heavy atom. The van der Waals surface area contributed by atoms with Gasteiger partial charge < -0.3 is 4.74 Å². The number of rotatable bonds is 9. The lowest BCUT2D eigenvalue weighted by Gasteiger charge is -1.98. The number of nitrogens with zero attached hydrogens (tertiary/aromatic N) is 2. The summed E-state index contributed by atoms with van der Waals surface area (Å²) in [4.78, 5) is 8.65. The molecule has 0 unspecified atom stereocenters. The smallest absolute Gasteiger partial charge is 0.118 e. The first-order chi connectivity index (χ1) is 12.3. The van der Waals surface area contributed by atoms with Crippen molar-refractivity contribution in [3.05, 3.63) is 90.0 Å². The van der Waals surface area contributed by atoms with Crippen LogP contribution in [0.25, 0.3) is 0 Å². The fraction of sp³-hybridized carbons (Fsp3) is 0.182. The second-order valence-corrected chi connectivity index (χ2v) is 5.47. The van der Waals surface area contributed by atoms with Gasteiger partial charge in [-0.2, -0.15) is 0 Å². The third-order valence-corrected chi connectivity index (χ3v) is 3.54. The summed E-state index contributed by atoms with van der Waals surface area (Å²) in [5, 5.41) is 0. The molecular weight excluding hydrogens is 308 g/mol. The van der Waals surface area contributed by atoms with Gasteiger partial charge in [0.25, 0.3) is 0 Å². The van der Waals surface area contributed by atoms with Crippen LogP contribution < -0.4 is 4.74 Å². The minimum Gasteiger partial charge on any atom is -0.497 e. The van der Waals surface area contributed by atoms with Gasteiger partial charge in [-0.3, -0.25) is 9.98 Å². The van der Waals surface area contributed by atoms with Crippen molar-refractivity contribution < 1.29 is 4.74 Å². The predicted molar refractivity (Wildman–Crippen MR) is 107 cm³/mol. The summed E-state index contributed by atoms with van der Waals surface area (Å²) < 4.78 is 5.13. The van der Waals surface area contributed by atoms with Crippen molar-refractivity contribution >= 4 is 12.4 Å². The SMILES string of the molecule is C=CCN=Cc1ccc(C/C=C/CN=Cc2ccc(OC)cc2)cc1. The van der Waals surface area contributed by atoms with Crippen LogP contribution in [-0.4, -0.2) is 32.6 Å². The molecule has 0 fully saturated rings. The number of allylic oxidation sites excluding steroid dienone is 1. The highest BCUT2D eigenvalue weighted by atomic mass is 16.5. The van der Waals surface area contributed by atoms with Crippen LogP contribution in [0.5, 0.6) is 5.75 Å². The van der Waals surface area contributed by atoms with E-state index in [0.717, 1.165) is 23.3 Å². The normalized spacial score (nSPS) is 11.6. The van der Waals surface area contributed by atoms with E-state index in [-0.39, 0.29) is 0 Å². The van der Waals surface area contributed by atoms with Crippen molar-refractivity contribution in [2.75, 3.05) is 20.2 Å². The third kappa shape index (κ3) is 7.00. The van der Waals surface area contributed by atoms with Crippen LogP contribution in [0.4, 0.5) is 0 Å². The fourth-order valence-electron chi connectivity index (χ4n) is 2.18. The Hall–Kier alpha value is -2.94. The topological polar surface area (TPSA) is 34.0 Å². The Morgan fingerprint density at radius 3 is 2.04 bits per heavy atom. The van der Waals surface area contributed by atoms with Crippen LogP contribution in [0, 0.1) is 0 Å². The maximum absolute atomic E-state index is 5.13. The van der Waals surface area contributed by atoms with Crippen LogP contribution in [0.3, 0.4) is 0 Å². The number of hydrogen-bond donors (Lipinski definition) is 0. The van der Waals surface area contributed by atoms with Crippen LogP contribution in [0.15, 0.2) is 83.3 Å². The molecule has 0 heterocycles. The Morgan fingerprint density at radius 2 is 1.44 bits per heavy atom. The summed E-state index contributed by atoms with van der Waals surface area (Å²) in [6.45, 7) is 4.98.